The summed E-state index contributed by atoms with van der Waals surface area (Å²) in [6.07, 6.45) is 0. The van der Waals surface area contributed by atoms with Gasteiger partial charge in [0.05, 0.1) is 32.9 Å². The standard InChI is InChI=1S/C30H27NO10/c1-35-23-12-18(13-24(36-2)29(23)37-3)26-25(27(32)17-5-7-19-22(11-17)39-9-8-38-19)28(33)30(34)31(26)14-16-4-6-20-21(10-16)41-15-40-20/h4-7,10-13,26,32H,8-9,14-15H2,1-3H3. The molecule has 1 atom stereocenters. The van der Waals surface area contributed by atoms with Crippen LogP contribution in [0.1, 0.15) is 22.7 Å². The van der Waals surface area contributed by atoms with Gasteiger partial charge in [-0.1, -0.05) is 6.07 Å². The number of aliphatic hydroxyl groups excluding tert-OH is 1. The molecule has 3 aromatic carbocycles. The van der Waals surface area contributed by atoms with E-state index in [-0.39, 0.29) is 24.7 Å². The van der Waals surface area contributed by atoms with Gasteiger partial charge in [-0.2, -0.15) is 0 Å². The third kappa shape index (κ3) is 4.48. The van der Waals surface area contributed by atoms with Gasteiger partial charge < -0.3 is 43.2 Å². The number of methoxy groups -OCH3 is 3. The maximum Gasteiger partial charge on any atom is 0.295 e. The monoisotopic (exact) mass is 561 g/mol. The maximum absolute atomic E-state index is 13.6. The van der Waals surface area contributed by atoms with Gasteiger partial charge in [0.25, 0.3) is 11.7 Å². The molecule has 0 radical (unpaired) electrons. The van der Waals surface area contributed by atoms with Gasteiger partial charge in [-0.3, -0.25) is 9.59 Å². The van der Waals surface area contributed by atoms with Crippen LogP contribution in [0.4, 0.5) is 0 Å². The number of Topliss-reactive ketones (excluding diaryl/α,β-unsaturated/α-hetero) is 1. The summed E-state index contributed by atoms with van der Waals surface area (Å²) in [4.78, 5) is 28.6. The van der Waals surface area contributed by atoms with E-state index in [0.29, 0.717) is 70.2 Å². The van der Waals surface area contributed by atoms with E-state index in [9.17, 15) is 14.7 Å². The summed E-state index contributed by atoms with van der Waals surface area (Å²) in [5.74, 6) is 1.12. The number of nitrogens with zero attached hydrogens (tertiary/aromatic N) is 1. The Morgan fingerprint density at radius 2 is 1.46 bits per heavy atom. The van der Waals surface area contributed by atoms with Gasteiger partial charge in [0.15, 0.2) is 34.5 Å². The largest absolute Gasteiger partial charge is 0.507 e. The number of ether oxygens (including phenoxy) is 7. The molecule has 3 aliphatic heterocycles. The van der Waals surface area contributed by atoms with Crippen molar-refractivity contribution < 1.29 is 47.9 Å². The molecule has 0 aliphatic carbocycles. The fraction of sp³-hybridized carbons (Fsp3) is 0.267. The van der Waals surface area contributed by atoms with E-state index >= 15 is 0 Å². The van der Waals surface area contributed by atoms with Gasteiger partial charge in [-0.15, -0.1) is 0 Å². The first kappa shape index (κ1) is 26.2. The Labute approximate surface area is 235 Å². The van der Waals surface area contributed by atoms with Gasteiger partial charge in [0.2, 0.25) is 12.5 Å². The highest BCUT2D eigenvalue weighted by Gasteiger charge is 2.47. The summed E-state index contributed by atoms with van der Waals surface area (Å²) < 4.78 is 38.7. The van der Waals surface area contributed by atoms with Gasteiger partial charge in [-0.05, 0) is 53.6 Å². The Balaban J connectivity index is 1.51. The zero-order chi connectivity index (χ0) is 28.7. The molecule has 1 saturated heterocycles. The van der Waals surface area contributed by atoms with Crippen LogP contribution in [-0.4, -0.2) is 63.0 Å². The second-order valence-corrected chi connectivity index (χ2v) is 9.43. The molecule has 3 aliphatic rings. The minimum atomic E-state index is -0.998. The number of carbonyl (C=O) groups excluding carboxylic acids is 2. The van der Waals surface area contributed by atoms with Crippen molar-refractivity contribution in [1.82, 2.24) is 4.90 Å². The fourth-order valence-corrected chi connectivity index (χ4v) is 5.23. The summed E-state index contributed by atoms with van der Waals surface area (Å²) in [6, 6.07) is 12.5. The molecule has 11 heteroatoms. The van der Waals surface area contributed by atoms with Crippen molar-refractivity contribution in [3.8, 4) is 40.2 Å². The van der Waals surface area contributed by atoms with Gasteiger partial charge in [0, 0.05) is 12.1 Å². The lowest BCUT2D eigenvalue weighted by Crippen LogP contribution is -2.29. The molecule has 1 unspecified atom stereocenters. The predicted molar refractivity (Wildman–Crippen MR) is 144 cm³/mol. The first-order chi connectivity index (χ1) is 19.9. The van der Waals surface area contributed by atoms with Crippen molar-refractivity contribution in [2.75, 3.05) is 41.3 Å². The van der Waals surface area contributed by atoms with Crippen LogP contribution >= 0.6 is 0 Å². The zero-order valence-corrected chi connectivity index (χ0v) is 22.6. The zero-order valence-electron chi connectivity index (χ0n) is 22.6. The number of hydrogen-bond acceptors (Lipinski definition) is 10. The van der Waals surface area contributed by atoms with E-state index in [0.717, 1.165) is 0 Å². The minimum Gasteiger partial charge on any atom is -0.507 e. The Hall–Kier alpha value is -5.06. The molecule has 6 rings (SSSR count). The van der Waals surface area contributed by atoms with Crippen molar-refractivity contribution >= 4 is 17.4 Å². The van der Waals surface area contributed by atoms with Crippen LogP contribution in [0.2, 0.25) is 0 Å². The Bertz CT molecular complexity index is 1550. The number of fused-ring (bicyclic) bond motifs is 2. The number of amides is 1. The van der Waals surface area contributed by atoms with E-state index < -0.39 is 17.7 Å². The molecule has 41 heavy (non-hydrogen) atoms. The predicted octanol–water partition coefficient (Wildman–Crippen LogP) is 3.83. The highest BCUT2D eigenvalue weighted by molar-refractivity contribution is 6.46. The van der Waals surface area contributed by atoms with E-state index in [1.54, 1.807) is 48.5 Å². The van der Waals surface area contributed by atoms with E-state index in [1.165, 1.54) is 26.2 Å². The lowest BCUT2D eigenvalue weighted by atomic mass is 9.94. The Kier molecular flexibility index (Phi) is 6.70. The highest BCUT2D eigenvalue weighted by Crippen LogP contribution is 2.47. The summed E-state index contributed by atoms with van der Waals surface area (Å²) in [7, 11) is 4.42. The molecular weight excluding hydrogens is 534 g/mol. The molecule has 1 amide bonds. The number of benzene rings is 3. The quantitative estimate of drug-likeness (QED) is 0.259. The fourth-order valence-electron chi connectivity index (χ4n) is 5.23. The molecule has 11 nitrogen and oxygen atoms in total. The Morgan fingerprint density at radius 1 is 0.829 bits per heavy atom. The molecule has 0 saturated carbocycles. The average molecular weight is 562 g/mol. The van der Waals surface area contributed by atoms with Gasteiger partial charge in [-0.25, -0.2) is 0 Å². The molecule has 1 fully saturated rings. The first-order valence-corrected chi connectivity index (χ1v) is 12.8. The third-order valence-corrected chi connectivity index (χ3v) is 7.15. The first-order valence-electron chi connectivity index (χ1n) is 12.8. The highest BCUT2D eigenvalue weighted by atomic mass is 16.7. The van der Waals surface area contributed by atoms with Crippen molar-refractivity contribution in [3.05, 3.63) is 70.8 Å². The third-order valence-electron chi connectivity index (χ3n) is 7.15. The van der Waals surface area contributed by atoms with Crippen LogP contribution in [0.25, 0.3) is 5.76 Å². The van der Waals surface area contributed by atoms with Crippen LogP contribution in [-0.2, 0) is 16.1 Å². The van der Waals surface area contributed by atoms with Crippen LogP contribution in [0.5, 0.6) is 40.2 Å². The van der Waals surface area contributed by atoms with Crippen molar-refractivity contribution in [2.45, 2.75) is 12.6 Å². The maximum atomic E-state index is 13.6. The summed E-state index contributed by atoms with van der Waals surface area (Å²) in [5, 5.41) is 11.6. The average Bonchev–Trinajstić information content (AvgIpc) is 3.57. The molecule has 0 spiro atoms. The number of likely N-dealkylation sites (tertiary alicyclic amines) is 1. The second-order valence-electron chi connectivity index (χ2n) is 9.43. The van der Waals surface area contributed by atoms with E-state index in [4.69, 9.17) is 33.2 Å². The SMILES string of the molecule is COc1cc(C2C(=C(O)c3ccc4c(c3)OCCO4)C(=O)C(=O)N2Cc2ccc3c(c2)OCO3)cc(OC)c1OC. The van der Waals surface area contributed by atoms with Gasteiger partial charge in [0.1, 0.15) is 19.0 Å². The smallest absolute Gasteiger partial charge is 0.295 e. The van der Waals surface area contributed by atoms with Crippen LogP contribution in [0, 0.1) is 0 Å². The van der Waals surface area contributed by atoms with Crippen LogP contribution in [0.15, 0.2) is 54.1 Å². The lowest BCUT2D eigenvalue weighted by Gasteiger charge is -2.27. The molecule has 212 valence electrons. The van der Waals surface area contributed by atoms with Gasteiger partial charge >= 0.3 is 0 Å². The molecule has 3 heterocycles. The van der Waals surface area contributed by atoms with E-state index in [1.807, 2.05) is 0 Å². The van der Waals surface area contributed by atoms with Crippen LogP contribution in [0.3, 0.4) is 0 Å². The number of aliphatic hydroxyl groups is 1. The molecule has 3 aromatic rings. The van der Waals surface area contributed by atoms with Crippen molar-refractivity contribution in [3.63, 3.8) is 0 Å². The van der Waals surface area contributed by atoms with Crippen LogP contribution < -0.4 is 33.2 Å². The number of rotatable bonds is 7. The van der Waals surface area contributed by atoms with Crippen molar-refractivity contribution in [2.24, 2.45) is 0 Å². The lowest BCUT2D eigenvalue weighted by molar-refractivity contribution is -0.140. The number of ketones is 1. The number of carbonyl (C=O) groups is 2. The van der Waals surface area contributed by atoms with E-state index in [2.05, 4.69) is 0 Å². The topological polar surface area (TPSA) is 122 Å². The Morgan fingerprint density at radius 3 is 2.17 bits per heavy atom. The minimum absolute atomic E-state index is 0.0421. The normalized spacial score (nSPS) is 18.4. The molecule has 1 N–H and O–H groups in total. The van der Waals surface area contributed by atoms with Crippen molar-refractivity contribution in [1.29, 1.82) is 0 Å². The summed E-state index contributed by atoms with van der Waals surface area (Å²) in [5.41, 5.74) is 1.38. The molecular formula is C30H27NO10. The second kappa shape index (κ2) is 10.5. The summed E-state index contributed by atoms with van der Waals surface area (Å²) in [6.45, 7) is 0.901. The molecule has 0 bridgehead atoms. The summed E-state index contributed by atoms with van der Waals surface area (Å²) >= 11 is 0. The molecule has 0 aromatic heterocycles. The number of hydrogen-bond donors (Lipinski definition) is 1.